The Hall–Kier alpha value is -2.44. The van der Waals surface area contributed by atoms with Crippen LogP contribution < -0.4 is 5.32 Å². The van der Waals surface area contributed by atoms with Crippen LogP contribution in [0.1, 0.15) is 40.3 Å². The molecule has 104 valence electrons. The minimum atomic E-state index is -1.09. The number of carbonyl (C=O) groups is 1. The van der Waals surface area contributed by atoms with E-state index in [0.717, 1.165) is 37.1 Å². The molecule has 2 aromatic heterocycles. The Bertz CT molecular complexity index is 621. The Morgan fingerprint density at radius 3 is 2.90 bits per heavy atom. The maximum Gasteiger partial charge on any atom is 0.356 e. The molecule has 0 atom stereocenters. The van der Waals surface area contributed by atoms with E-state index in [2.05, 4.69) is 20.4 Å². The molecule has 0 bridgehead atoms. The quantitative estimate of drug-likeness (QED) is 0.874. The zero-order valence-corrected chi connectivity index (χ0v) is 10.8. The van der Waals surface area contributed by atoms with Gasteiger partial charge in [0.1, 0.15) is 17.3 Å². The second kappa shape index (κ2) is 5.28. The lowest BCUT2D eigenvalue weighted by Gasteiger charge is -2.09. The van der Waals surface area contributed by atoms with Gasteiger partial charge in [-0.2, -0.15) is 0 Å². The van der Waals surface area contributed by atoms with Crippen molar-refractivity contribution < 1.29 is 14.4 Å². The molecular formula is C13H14N4O3. The number of nitrogens with one attached hydrogen (secondary N) is 1. The van der Waals surface area contributed by atoms with Crippen LogP contribution in [0, 0.1) is 0 Å². The van der Waals surface area contributed by atoms with Gasteiger partial charge in [-0.25, -0.2) is 14.8 Å². The monoisotopic (exact) mass is 274 g/mol. The number of nitrogens with zero attached hydrogens (tertiary/aromatic N) is 3. The van der Waals surface area contributed by atoms with E-state index in [9.17, 15) is 4.79 Å². The number of aromatic nitrogens is 3. The fourth-order valence-corrected chi connectivity index (χ4v) is 2.29. The molecule has 0 unspecified atom stereocenters. The summed E-state index contributed by atoms with van der Waals surface area (Å²) in [6.45, 7) is 0.500. The lowest BCUT2D eigenvalue weighted by Crippen LogP contribution is -2.08. The Morgan fingerprint density at radius 2 is 2.15 bits per heavy atom. The van der Waals surface area contributed by atoms with Crippen LogP contribution in [0.25, 0.3) is 0 Å². The Morgan fingerprint density at radius 1 is 1.30 bits per heavy atom. The normalized spacial score (nSPS) is 13.8. The van der Waals surface area contributed by atoms with Gasteiger partial charge >= 0.3 is 5.97 Å². The molecule has 2 aromatic rings. The lowest BCUT2D eigenvalue weighted by atomic mass is 9.96. The van der Waals surface area contributed by atoms with Crippen LogP contribution in [0.4, 0.5) is 5.82 Å². The van der Waals surface area contributed by atoms with Gasteiger partial charge in [-0.05, 0) is 19.3 Å². The van der Waals surface area contributed by atoms with Crippen LogP contribution in [-0.4, -0.2) is 26.2 Å². The van der Waals surface area contributed by atoms with Crippen molar-refractivity contribution in [3.8, 4) is 0 Å². The first-order valence-corrected chi connectivity index (χ1v) is 6.49. The van der Waals surface area contributed by atoms with Crippen LogP contribution in [0.3, 0.4) is 0 Å². The molecule has 0 fully saturated rings. The number of anilines is 1. The van der Waals surface area contributed by atoms with Crippen molar-refractivity contribution >= 4 is 11.8 Å². The predicted octanol–water partition coefficient (Wildman–Crippen LogP) is 1.65. The number of fused-ring (bicyclic) bond motifs is 1. The molecule has 0 radical (unpaired) electrons. The third-order valence-electron chi connectivity index (χ3n) is 3.34. The molecule has 0 aromatic carbocycles. The van der Waals surface area contributed by atoms with E-state index in [1.165, 1.54) is 18.0 Å². The number of aryl methyl sites for hydroxylation is 1. The van der Waals surface area contributed by atoms with Gasteiger partial charge in [0.2, 0.25) is 0 Å². The molecule has 0 amide bonds. The molecule has 3 rings (SSSR count). The van der Waals surface area contributed by atoms with E-state index in [4.69, 9.17) is 9.63 Å². The van der Waals surface area contributed by atoms with Crippen LogP contribution in [0.2, 0.25) is 0 Å². The summed E-state index contributed by atoms with van der Waals surface area (Å²) in [5, 5.41) is 15.9. The molecule has 1 aliphatic rings. The van der Waals surface area contributed by atoms with Gasteiger partial charge in [-0.3, -0.25) is 0 Å². The highest BCUT2D eigenvalue weighted by Gasteiger charge is 2.19. The highest BCUT2D eigenvalue weighted by atomic mass is 16.5. The van der Waals surface area contributed by atoms with Crippen LogP contribution in [0.5, 0.6) is 0 Å². The SMILES string of the molecule is O=C(O)c1cnc(NCc2noc3c2CCCC3)cn1. The molecule has 0 spiro atoms. The van der Waals surface area contributed by atoms with Crippen molar-refractivity contribution in [2.45, 2.75) is 32.2 Å². The van der Waals surface area contributed by atoms with Crippen molar-refractivity contribution in [2.24, 2.45) is 0 Å². The van der Waals surface area contributed by atoms with Crippen molar-refractivity contribution in [3.05, 3.63) is 35.1 Å². The topological polar surface area (TPSA) is 101 Å². The molecule has 0 saturated heterocycles. The van der Waals surface area contributed by atoms with Crippen molar-refractivity contribution in [2.75, 3.05) is 5.32 Å². The summed E-state index contributed by atoms with van der Waals surface area (Å²) >= 11 is 0. The minimum Gasteiger partial charge on any atom is -0.476 e. The highest BCUT2D eigenvalue weighted by molar-refractivity contribution is 5.84. The summed E-state index contributed by atoms with van der Waals surface area (Å²) in [7, 11) is 0. The number of rotatable bonds is 4. The molecule has 2 N–H and O–H groups in total. The molecule has 20 heavy (non-hydrogen) atoms. The van der Waals surface area contributed by atoms with Crippen molar-refractivity contribution in [1.82, 2.24) is 15.1 Å². The van der Waals surface area contributed by atoms with Gasteiger partial charge in [0.15, 0.2) is 5.69 Å². The number of hydrogen-bond acceptors (Lipinski definition) is 6. The maximum absolute atomic E-state index is 10.7. The Balaban J connectivity index is 1.67. The summed E-state index contributed by atoms with van der Waals surface area (Å²) in [5.41, 5.74) is 2.01. The second-order valence-electron chi connectivity index (χ2n) is 4.68. The average Bonchev–Trinajstić information content (AvgIpc) is 2.89. The van der Waals surface area contributed by atoms with Crippen molar-refractivity contribution in [1.29, 1.82) is 0 Å². The van der Waals surface area contributed by atoms with Gasteiger partial charge in [-0.15, -0.1) is 0 Å². The molecule has 7 nitrogen and oxygen atoms in total. The van der Waals surface area contributed by atoms with Crippen LogP contribution in [0.15, 0.2) is 16.9 Å². The number of carboxylic acids is 1. The zero-order chi connectivity index (χ0) is 13.9. The van der Waals surface area contributed by atoms with E-state index >= 15 is 0 Å². The number of carboxylic acid groups (broad SMARTS) is 1. The molecule has 7 heteroatoms. The molecule has 0 saturated carbocycles. The third kappa shape index (κ3) is 2.47. The largest absolute Gasteiger partial charge is 0.476 e. The first-order valence-electron chi connectivity index (χ1n) is 6.49. The average molecular weight is 274 g/mol. The van der Waals surface area contributed by atoms with E-state index in [1.807, 2.05) is 0 Å². The molecule has 1 aliphatic carbocycles. The summed E-state index contributed by atoms with van der Waals surface area (Å²) < 4.78 is 5.32. The smallest absolute Gasteiger partial charge is 0.356 e. The van der Waals surface area contributed by atoms with E-state index in [-0.39, 0.29) is 5.69 Å². The molecular weight excluding hydrogens is 260 g/mol. The van der Waals surface area contributed by atoms with Gasteiger partial charge in [0.05, 0.1) is 18.9 Å². The maximum atomic E-state index is 10.7. The minimum absolute atomic E-state index is 0.0747. The summed E-state index contributed by atoms with van der Waals surface area (Å²) in [5.74, 6) is 0.414. The first kappa shape index (κ1) is 12.6. The van der Waals surface area contributed by atoms with E-state index < -0.39 is 5.97 Å². The number of hydrogen-bond donors (Lipinski definition) is 2. The van der Waals surface area contributed by atoms with Gasteiger partial charge < -0.3 is 14.9 Å². The van der Waals surface area contributed by atoms with E-state index in [1.54, 1.807) is 0 Å². The first-order chi connectivity index (χ1) is 9.74. The summed E-state index contributed by atoms with van der Waals surface area (Å²) in [6.07, 6.45) is 6.89. The standard InChI is InChI=1S/C13H14N4O3/c18-13(19)10-6-16-12(7-14-10)15-5-9-8-3-1-2-4-11(8)20-17-9/h6-7H,1-5H2,(H,15,16)(H,18,19). The van der Waals surface area contributed by atoms with Crippen molar-refractivity contribution in [3.63, 3.8) is 0 Å². The lowest BCUT2D eigenvalue weighted by molar-refractivity contribution is 0.0690. The van der Waals surface area contributed by atoms with Gasteiger partial charge in [-0.1, -0.05) is 5.16 Å². The highest BCUT2D eigenvalue weighted by Crippen LogP contribution is 2.24. The van der Waals surface area contributed by atoms with Gasteiger partial charge in [0.25, 0.3) is 0 Å². The van der Waals surface area contributed by atoms with E-state index in [0.29, 0.717) is 12.4 Å². The third-order valence-corrected chi connectivity index (χ3v) is 3.34. The second-order valence-corrected chi connectivity index (χ2v) is 4.68. The predicted molar refractivity (Wildman–Crippen MR) is 69.5 cm³/mol. The van der Waals surface area contributed by atoms with Gasteiger partial charge in [0, 0.05) is 12.0 Å². The van der Waals surface area contributed by atoms with Crippen LogP contribution in [-0.2, 0) is 19.4 Å². The summed E-state index contributed by atoms with van der Waals surface area (Å²) in [4.78, 5) is 18.5. The molecule has 0 aliphatic heterocycles. The van der Waals surface area contributed by atoms with Crippen LogP contribution >= 0.6 is 0 Å². The Kier molecular flexibility index (Phi) is 3.32. The number of aromatic carboxylic acids is 1. The molecule has 2 heterocycles. The Labute approximate surface area is 115 Å². The zero-order valence-electron chi connectivity index (χ0n) is 10.8. The summed E-state index contributed by atoms with van der Waals surface area (Å²) in [6, 6.07) is 0. The fourth-order valence-electron chi connectivity index (χ4n) is 2.29. The fraction of sp³-hybridized carbons (Fsp3) is 0.385.